The lowest BCUT2D eigenvalue weighted by atomic mass is 10.0. The highest BCUT2D eigenvalue weighted by Gasteiger charge is 2.18. The molecule has 0 aliphatic heterocycles. The SMILES string of the molecule is CCOc1ccc2ccccc2c1C(=O)Nc1nc2cc(C)c(C)cc2s1. The minimum Gasteiger partial charge on any atom is -0.493 e. The Morgan fingerprint density at radius 2 is 1.89 bits per heavy atom. The molecule has 3 aromatic carbocycles. The maximum Gasteiger partial charge on any atom is 0.261 e. The fourth-order valence-corrected chi connectivity index (χ4v) is 4.10. The van der Waals surface area contributed by atoms with Gasteiger partial charge in [-0.1, -0.05) is 41.7 Å². The Labute approximate surface area is 161 Å². The number of hydrogen-bond donors (Lipinski definition) is 1. The minimum absolute atomic E-state index is 0.206. The van der Waals surface area contributed by atoms with Gasteiger partial charge in [0.05, 0.1) is 22.4 Å². The fraction of sp³-hybridized carbons (Fsp3) is 0.182. The smallest absolute Gasteiger partial charge is 0.261 e. The van der Waals surface area contributed by atoms with Gasteiger partial charge in [0, 0.05) is 0 Å². The lowest BCUT2D eigenvalue weighted by Crippen LogP contribution is -2.14. The molecule has 0 saturated heterocycles. The van der Waals surface area contributed by atoms with Crippen LogP contribution in [0, 0.1) is 13.8 Å². The molecule has 1 amide bonds. The Morgan fingerprint density at radius 1 is 1.11 bits per heavy atom. The third-order valence-electron chi connectivity index (χ3n) is 4.64. The van der Waals surface area contributed by atoms with Gasteiger partial charge in [0.25, 0.3) is 5.91 Å². The van der Waals surface area contributed by atoms with E-state index in [1.165, 1.54) is 22.5 Å². The Kier molecular flexibility index (Phi) is 4.54. The molecule has 4 rings (SSSR count). The van der Waals surface area contributed by atoms with Gasteiger partial charge in [0.1, 0.15) is 5.75 Å². The van der Waals surface area contributed by atoms with Crippen LogP contribution in [-0.2, 0) is 0 Å². The number of benzene rings is 3. The zero-order valence-corrected chi connectivity index (χ0v) is 16.3. The zero-order valence-electron chi connectivity index (χ0n) is 15.5. The van der Waals surface area contributed by atoms with Crippen LogP contribution in [0.5, 0.6) is 5.75 Å². The van der Waals surface area contributed by atoms with Gasteiger partial charge in [-0.15, -0.1) is 0 Å². The van der Waals surface area contributed by atoms with E-state index in [9.17, 15) is 4.79 Å². The van der Waals surface area contributed by atoms with Crippen molar-refractivity contribution in [2.75, 3.05) is 11.9 Å². The van der Waals surface area contributed by atoms with Gasteiger partial charge >= 0.3 is 0 Å². The van der Waals surface area contributed by atoms with Gasteiger partial charge in [-0.25, -0.2) is 4.98 Å². The molecule has 0 aliphatic rings. The van der Waals surface area contributed by atoms with E-state index in [-0.39, 0.29) is 5.91 Å². The van der Waals surface area contributed by atoms with E-state index < -0.39 is 0 Å². The number of aryl methyl sites for hydroxylation is 2. The molecule has 1 heterocycles. The van der Waals surface area contributed by atoms with Gasteiger partial charge in [-0.3, -0.25) is 10.1 Å². The summed E-state index contributed by atoms with van der Waals surface area (Å²) in [5.41, 5.74) is 3.86. The average Bonchev–Trinajstić information content (AvgIpc) is 3.02. The van der Waals surface area contributed by atoms with Crippen LogP contribution in [0.15, 0.2) is 48.5 Å². The Balaban J connectivity index is 1.75. The first-order valence-corrected chi connectivity index (χ1v) is 9.72. The molecule has 27 heavy (non-hydrogen) atoms. The number of anilines is 1. The second kappa shape index (κ2) is 7.00. The van der Waals surface area contributed by atoms with Crippen LogP contribution in [0.1, 0.15) is 28.4 Å². The summed E-state index contributed by atoms with van der Waals surface area (Å²) in [6.07, 6.45) is 0. The summed E-state index contributed by atoms with van der Waals surface area (Å²) < 4.78 is 6.78. The van der Waals surface area contributed by atoms with Crippen LogP contribution in [0.2, 0.25) is 0 Å². The third kappa shape index (κ3) is 3.26. The van der Waals surface area contributed by atoms with Crippen molar-refractivity contribution in [3.05, 3.63) is 65.2 Å². The second-order valence-corrected chi connectivity index (χ2v) is 7.50. The molecule has 4 aromatic rings. The number of aromatic nitrogens is 1. The van der Waals surface area contributed by atoms with Crippen molar-refractivity contribution < 1.29 is 9.53 Å². The molecule has 0 unspecified atom stereocenters. The quantitative estimate of drug-likeness (QED) is 0.496. The van der Waals surface area contributed by atoms with Gasteiger partial charge < -0.3 is 4.74 Å². The molecule has 4 nitrogen and oxygen atoms in total. The average molecular weight is 376 g/mol. The number of ether oxygens (including phenoxy) is 1. The number of amides is 1. The van der Waals surface area contributed by atoms with E-state index in [2.05, 4.69) is 36.3 Å². The van der Waals surface area contributed by atoms with Crippen LogP contribution in [0.3, 0.4) is 0 Å². The Hall–Kier alpha value is -2.92. The number of nitrogens with zero attached hydrogens (tertiary/aromatic N) is 1. The van der Waals surface area contributed by atoms with E-state index in [1.807, 2.05) is 43.3 Å². The predicted octanol–water partition coefficient (Wildman–Crippen LogP) is 5.72. The van der Waals surface area contributed by atoms with Crippen molar-refractivity contribution in [3.8, 4) is 5.75 Å². The summed E-state index contributed by atoms with van der Waals surface area (Å²) in [4.78, 5) is 17.7. The molecule has 136 valence electrons. The first-order chi connectivity index (χ1) is 13.1. The predicted molar refractivity (Wildman–Crippen MR) is 112 cm³/mol. The number of fused-ring (bicyclic) bond motifs is 2. The highest BCUT2D eigenvalue weighted by atomic mass is 32.1. The highest BCUT2D eigenvalue weighted by Crippen LogP contribution is 2.32. The molecule has 0 bridgehead atoms. The van der Waals surface area contributed by atoms with E-state index in [0.717, 1.165) is 21.0 Å². The summed E-state index contributed by atoms with van der Waals surface area (Å²) in [6, 6.07) is 15.8. The van der Waals surface area contributed by atoms with Gasteiger partial charge in [0.2, 0.25) is 0 Å². The monoisotopic (exact) mass is 376 g/mol. The normalized spacial score (nSPS) is 11.1. The number of carbonyl (C=O) groups is 1. The van der Waals surface area contributed by atoms with Crippen molar-refractivity contribution >= 4 is 43.4 Å². The Morgan fingerprint density at radius 3 is 2.70 bits per heavy atom. The summed E-state index contributed by atoms with van der Waals surface area (Å²) in [5, 5.41) is 5.43. The van der Waals surface area contributed by atoms with Crippen LogP contribution in [0.25, 0.3) is 21.0 Å². The zero-order chi connectivity index (χ0) is 19.0. The maximum atomic E-state index is 13.1. The largest absolute Gasteiger partial charge is 0.493 e. The molecule has 1 N–H and O–H groups in total. The molecule has 0 spiro atoms. The highest BCUT2D eigenvalue weighted by molar-refractivity contribution is 7.22. The van der Waals surface area contributed by atoms with Gasteiger partial charge in [-0.05, 0) is 60.9 Å². The summed E-state index contributed by atoms with van der Waals surface area (Å²) >= 11 is 1.48. The van der Waals surface area contributed by atoms with Crippen LogP contribution in [-0.4, -0.2) is 17.5 Å². The standard InChI is InChI=1S/C22H20N2O2S/c1-4-26-18-10-9-15-7-5-6-8-16(15)20(18)21(25)24-22-23-17-11-13(2)14(3)12-19(17)27-22/h5-12H,4H2,1-3H3,(H,23,24,25). The van der Waals surface area contributed by atoms with Crippen LogP contribution in [0.4, 0.5) is 5.13 Å². The number of nitrogens with one attached hydrogen (secondary N) is 1. The molecule has 0 radical (unpaired) electrons. The maximum absolute atomic E-state index is 13.1. The summed E-state index contributed by atoms with van der Waals surface area (Å²) in [7, 11) is 0. The van der Waals surface area contributed by atoms with Crippen molar-refractivity contribution in [1.82, 2.24) is 4.98 Å². The molecular weight excluding hydrogens is 356 g/mol. The van der Waals surface area contributed by atoms with Crippen LogP contribution < -0.4 is 10.1 Å². The van der Waals surface area contributed by atoms with E-state index >= 15 is 0 Å². The van der Waals surface area contributed by atoms with E-state index in [1.54, 1.807) is 0 Å². The topological polar surface area (TPSA) is 51.2 Å². The molecule has 5 heteroatoms. The molecule has 0 aliphatic carbocycles. The molecule has 1 aromatic heterocycles. The summed E-state index contributed by atoms with van der Waals surface area (Å²) in [5.74, 6) is 0.379. The van der Waals surface area contributed by atoms with Crippen LogP contribution >= 0.6 is 11.3 Å². The number of rotatable bonds is 4. The summed E-state index contributed by atoms with van der Waals surface area (Å²) in [6.45, 7) is 6.56. The first kappa shape index (κ1) is 17.5. The fourth-order valence-electron chi connectivity index (χ4n) is 3.15. The lowest BCUT2D eigenvalue weighted by molar-refractivity contribution is 0.102. The van der Waals surface area contributed by atoms with Crippen molar-refractivity contribution in [2.45, 2.75) is 20.8 Å². The van der Waals surface area contributed by atoms with Crippen molar-refractivity contribution in [1.29, 1.82) is 0 Å². The molecule has 0 saturated carbocycles. The first-order valence-electron chi connectivity index (χ1n) is 8.90. The second-order valence-electron chi connectivity index (χ2n) is 6.47. The number of carbonyl (C=O) groups excluding carboxylic acids is 1. The van der Waals surface area contributed by atoms with Gasteiger partial charge in [0.15, 0.2) is 5.13 Å². The number of thiazole rings is 1. The Bertz CT molecular complexity index is 1120. The number of hydrogen-bond acceptors (Lipinski definition) is 4. The minimum atomic E-state index is -0.206. The molecule has 0 fully saturated rings. The van der Waals surface area contributed by atoms with Crippen molar-refractivity contribution in [3.63, 3.8) is 0 Å². The van der Waals surface area contributed by atoms with Crippen molar-refractivity contribution in [2.24, 2.45) is 0 Å². The molecular formula is C22H20N2O2S. The van der Waals surface area contributed by atoms with E-state index in [0.29, 0.717) is 23.1 Å². The third-order valence-corrected chi connectivity index (χ3v) is 5.58. The molecule has 0 atom stereocenters. The van der Waals surface area contributed by atoms with E-state index in [4.69, 9.17) is 4.74 Å². The van der Waals surface area contributed by atoms with Gasteiger partial charge in [-0.2, -0.15) is 0 Å². The lowest BCUT2D eigenvalue weighted by Gasteiger charge is -2.12.